The number of methoxy groups -OCH3 is 2. The highest BCUT2D eigenvalue weighted by molar-refractivity contribution is 5.92. The lowest BCUT2D eigenvalue weighted by Crippen LogP contribution is -2.41. The number of pyridine rings is 1. The van der Waals surface area contributed by atoms with E-state index in [2.05, 4.69) is 20.1 Å². The normalized spacial score (nSPS) is 10.9. The van der Waals surface area contributed by atoms with Crippen LogP contribution in [0, 0.1) is 25.5 Å². The molecule has 0 saturated carbocycles. The van der Waals surface area contributed by atoms with Crippen molar-refractivity contribution in [3.63, 3.8) is 0 Å². The Morgan fingerprint density at radius 2 is 1.72 bits per heavy atom. The molecule has 3 heterocycles. The van der Waals surface area contributed by atoms with E-state index in [1.807, 2.05) is 20.2 Å². The third-order valence-electron chi connectivity index (χ3n) is 6.07. The number of rotatable bonds is 8. The van der Waals surface area contributed by atoms with Crippen LogP contribution in [0.25, 0.3) is 11.3 Å². The number of halogens is 2. The van der Waals surface area contributed by atoms with Gasteiger partial charge in [-0.2, -0.15) is 5.10 Å². The second-order valence-electron chi connectivity index (χ2n) is 8.93. The summed E-state index contributed by atoms with van der Waals surface area (Å²) >= 11 is 0. The number of anilines is 1. The maximum absolute atomic E-state index is 15.6. The van der Waals surface area contributed by atoms with E-state index < -0.39 is 23.4 Å². The van der Waals surface area contributed by atoms with Crippen molar-refractivity contribution < 1.29 is 23.0 Å². The first kappa shape index (κ1) is 27.4. The van der Waals surface area contributed by atoms with Crippen LogP contribution in [0.4, 0.5) is 19.3 Å². The highest BCUT2D eigenvalue weighted by Gasteiger charge is 2.31. The summed E-state index contributed by atoms with van der Waals surface area (Å²) in [4.78, 5) is 28.9. The predicted octanol–water partition coefficient (Wildman–Crippen LogP) is 4.44. The van der Waals surface area contributed by atoms with Crippen LogP contribution in [0.2, 0.25) is 0 Å². The molecule has 0 atom stereocenters. The molecule has 12 heteroatoms. The second-order valence-corrected chi connectivity index (χ2v) is 8.93. The van der Waals surface area contributed by atoms with Crippen molar-refractivity contribution in [3.05, 3.63) is 77.3 Å². The van der Waals surface area contributed by atoms with E-state index in [-0.39, 0.29) is 24.6 Å². The van der Waals surface area contributed by atoms with Crippen molar-refractivity contribution >= 4 is 11.7 Å². The highest BCUT2D eigenvalue weighted by Crippen LogP contribution is 2.38. The molecule has 0 radical (unpaired) electrons. The maximum atomic E-state index is 15.6. The summed E-state index contributed by atoms with van der Waals surface area (Å²) in [6.45, 7) is 3.51. The number of aromatic nitrogens is 5. The van der Waals surface area contributed by atoms with E-state index in [0.717, 1.165) is 22.2 Å². The number of amides is 2. The van der Waals surface area contributed by atoms with Crippen molar-refractivity contribution in [1.29, 1.82) is 0 Å². The zero-order valence-electron chi connectivity index (χ0n) is 22.6. The van der Waals surface area contributed by atoms with Gasteiger partial charge in [0.05, 0.1) is 44.4 Å². The first-order valence-electron chi connectivity index (χ1n) is 12.0. The summed E-state index contributed by atoms with van der Waals surface area (Å²) < 4.78 is 43.0. The third-order valence-corrected chi connectivity index (χ3v) is 6.07. The number of ether oxygens (including phenoxy) is 2. The number of aryl methyl sites for hydroxylation is 3. The Labute approximate surface area is 224 Å². The minimum absolute atomic E-state index is 0.0838. The van der Waals surface area contributed by atoms with E-state index in [4.69, 9.17) is 9.47 Å². The lowest BCUT2D eigenvalue weighted by atomic mass is 10.1. The zero-order valence-corrected chi connectivity index (χ0v) is 22.6. The quantitative estimate of drug-likeness (QED) is 0.328. The molecule has 10 nitrogen and oxygen atoms in total. The molecule has 0 aliphatic rings. The molecule has 204 valence electrons. The third kappa shape index (κ3) is 5.79. The van der Waals surface area contributed by atoms with Crippen LogP contribution in [0.1, 0.15) is 22.8 Å². The Hall–Kier alpha value is -4.61. The van der Waals surface area contributed by atoms with Gasteiger partial charge < -0.3 is 14.4 Å². The Morgan fingerprint density at radius 1 is 1.03 bits per heavy atom. The summed E-state index contributed by atoms with van der Waals surface area (Å²) in [6.07, 6.45) is 4.99. The minimum atomic E-state index is -1.04. The lowest BCUT2D eigenvalue weighted by Gasteiger charge is -2.29. The van der Waals surface area contributed by atoms with E-state index in [1.54, 1.807) is 42.2 Å². The number of urea groups is 1. The van der Waals surface area contributed by atoms with Crippen LogP contribution in [0.3, 0.4) is 0 Å². The van der Waals surface area contributed by atoms with Gasteiger partial charge in [-0.15, -0.1) is 0 Å². The molecule has 4 aromatic rings. The van der Waals surface area contributed by atoms with E-state index in [9.17, 15) is 4.79 Å². The molecule has 0 aliphatic heterocycles. The number of carbonyl (C=O) groups excluding carboxylic acids is 1. The molecule has 1 aromatic carbocycles. The van der Waals surface area contributed by atoms with Crippen molar-refractivity contribution in [2.75, 3.05) is 26.2 Å². The first-order chi connectivity index (χ1) is 18.6. The minimum Gasteiger partial charge on any atom is -0.493 e. The van der Waals surface area contributed by atoms with Gasteiger partial charge in [0.1, 0.15) is 11.5 Å². The molecule has 4 rings (SSSR count). The molecule has 0 spiro atoms. The average Bonchev–Trinajstić information content (AvgIpc) is 3.25. The van der Waals surface area contributed by atoms with Crippen molar-refractivity contribution in [2.24, 2.45) is 7.05 Å². The Kier molecular flexibility index (Phi) is 8.03. The first-order valence-corrected chi connectivity index (χ1v) is 12.0. The molecule has 39 heavy (non-hydrogen) atoms. The van der Waals surface area contributed by atoms with Gasteiger partial charge in [0.25, 0.3) is 0 Å². The van der Waals surface area contributed by atoms with Crippen LogP contribution >= 0.6 is 0 Å². The molecule has 0 bridgehead atoms. The topological polar surface area (TPSA) is 98.5 Å². The molecule has 0 fully saturated rings. The molecule has 0 N–H and O–H groups in total. The summed E-state index contributed by atoms with van der Waals surface area (Å²) in [7, 11) is 5.84. The fourth-order valence-corrected chi connectivity index (χ4v) is 4.17. The van der Waals surface area contributed by atoms with E-state index in [0.29, 0.717) is 22.8 Å². The zero-order chi connectivity index (χ0) is 28.3. The summed E-state index contributed by atoms with van der Waals surface area (Å²) in [6, 6.07) is 5.60. The lowest BCUT2D eigenvalue weighted by molar-refractivity contribution is 0.212. The molecular formula is C27H29F2N7O3. The molecular weight excluding hydrogens is 508 g/mol. The number of nitrogens with zero attached hydrogens (tertiary/aromatic N) is 7. The van der Waals surface area contributed by atoms with Crippen LogP contribution in [-0.4, -0.2) is 56.9 Å². The molecule has 2 amide bonds. The monoisotopic (exact) mass is 537 g/mol. The largest absolute Gasteiger partial charge is 0.493 e. The van der Waals surface area contributed by atoms with Gasteiger partial charge in [-0.05, 0) is 31.5 Å². The standard InChI is InChI=1S/C27H29F2N7O3/c1-16-20(15-35(4)33-16)21-8-7-18(12-31-21)13-36(26-24(28)22(38-5)11-23(39-6)25(26)29)27(37)34(3)14-19-9-10-30-17(2)32-19/h7-12,15H,13-14H2,1-6H3. The Balaban J connectivity index is 1.74. The molecule has 0 aliphatic carbocycles. The van der Waals surface area contributed by atoms with Crippen LogP contribution in [-0.2, 0) is 20.1 Å². The van der Waals surface area contributed by atoms with Crippen LogP contribution in [0.15, 0.2) is 42.9 Å². The summed E-state index contributed by atoms with van der Waals surface area (Å²) in [5.41, 5.74) is 2.85. The van der Waals surface area contributed by atoms with Gasteiger partial charge >= 0.3 is 6.03 Å². The van der Waals surface area contributed by atoms with Crippen molar-refractivity contribution in [1.82, 2.24) is 29.6 Å². The van der Waals surface area contributed by atoms with Gasteiger partial charge in [-0.3, -0.25) is 14.6 Å². The predicted molar refractivity (Wildman–Crippen MR) is 140 cm³/mol. The van der Waals surface area contributed by atoms with Gasteiger partial charge in [0.15, 0.2) is 23.1 Å². The number of hydrogen-bond donors (Lipinski definition) is 0. The van der Waals surface area contributed by atoms with Crippen LogP contribution in [0.5, 0.6) is 11.5 Å². The van der Waals surface area contributed by atoms with Crippen LogP contribution < -0.4 is 14.4 Å². The molecule has 0 unspecified atom stereocenters. The molecule has 3 aromatic heterocycles. The molecule has 0 saturated heterocycles. The Morgan fingerprint density at radius 3 is 2.26 bits per heavy atom. The van der Waals surface area contributed by atoms with Gasteiger partial charge in [-0.1, -0.05) is 6.07 Å². The Bertz CT molecular complexity index is 1460. The number of hydrogen-bond acceptors (Lipinski definition) is 7. The van der Waals surface area contributed by atoms with Gasteiger partial charge in [0, 0.05) is 44.3 Å². The number of benzene rings is 1. The van der Waals surface area contributed by atoms with Crippen molar-refractivity contribution in [3.8, 4) is 22.8 Å². The van der Waals surface area contributed by atoms with Gasteiger partial charge in [-0.25, -0.2) is 23.5 Å². The van der Waals surface area contributed by atoms with E-state index >= 15 is 8.78 Å². The average molecular weight is 538 g/mol. The summed E-state index contributed by atoms with van der Waals surface area (Å²) in [5.74, 6) is -2.07. The van der Waals surface area contributed by atoms with E-state index in [1.165, 1.54) is 26.2 Å². The fourth-order valence-electron chi connectivity index (χ4n) is 4.17. The SMILES string of the molecule is COc1cc(OC)c(F)c(N(Cc2ccc(-c3cn(C)nc3C)nc2)C(=O)N(C)Cc2ccnc(C)n2)c1F. The smallest absolute Gasteiger partial charge is 0.325 e. The highest BCUT2D eigenvalue weighted by atomic mass is 19.1. The second kappa shape index (κ2) is 11.4. The number of carbonyl (C=O) groups is 1. The van der Waals surface area contributed by atoms with Crippen molar-refractivity contribution in [2.45, 2.75) is 26.9 Å². The van der Waals surface area contributed by atoms with Gasteiger partial charge in [0.2, 0.25) is 0 Å². The fraction of sp³-hybridized carbons (Fsp3) is 0.296. The maximum Gasteiger partial charge on any atom is 0.325 e. The summed E-state index contributed by atoms with van der Waals surface area (Å²) in [5, 5.41) is 4.33.